The average molecular weight is 684 g/mol. The lowest BCUT2D eigenvalue weighted by Crippen LogP contribution is -1.96. The topological polar surface area (TPSA) is 264 Å². The quantitative estimate of drug-likeness (QED) is 0.0377. The second-order valence-electron chi connectivity index (χ2n) is 7.96. The molecule has 46 heavy (non-hydrogen) atoms. The van der Waals surface area contributed by atoms with E-state index >= 15 is 0 Å². The highest BCUT2D eigenvalue weighted by Crippen LogP contribution is 2.27. The van der Waals surface area contributed by atoms with E-state index in [1.165, 1.54) is 12.1 Å². The lowest BCUT2D eigenvalue weighted by molar-refractivity contribution is -0.386. The number of nitrogens with zero attached hydrogens (tertiary/aromatic N) is 3. The Kier molecular flexibility index (Phi) is 22.6. The number of halogens is 2. The van der Waals surface area contributed by atoms with Crippen LogP contribution in [0.5, 0.6) is 17.2 Å². The minimum absolute atomic E-state index is 0. The van der Waals surface area contributed by atoms with Crippen LogP contribution in [0.2, 0.25) is 0 Å². The summed E-state index contributed by atoms with van der Waals surface area (Å²) in [6.45, 7) is -0.320. The standard InChI is InChI=1S/C7H5NO5.C7H7NO4.C7H9NO2.C5H5N.C2H4Cl2.BH2.H2/c9-6-3-4(7(10)11)1-2-5(6)8(12)13;9-4-5-1-2-6(8(11)12)7(10)3-5;8-6-2-1-5(4-9)3-7(6)10;1-2-4-6-5-3-1;3-1-2-4;;/h1-3,9H,(H,10,11);1-3,9-10H,4H2;1-3,9-10H,4,8H2;1-5H;1-2H2;1H2;1H. The highest BCUT2D eigenvalue weighted by molar-refractivity contribution is 6.25. The number of phenolic OH excluding ortho intramolecular Hbond substituents is 3. The van der Waals surface area contributed by atoms with Crippen LogP contribution in [0.15, 0.2) is 85.2 Å². The third-order valence-electron chi connectivity index (χ3n) is 4.75. The first-order chi connectivity index (χ1) is 21.3. The Morgan fingerprint density at radius 1 is 0.761 bits per heavy atom. The van der Waals surface area contributed by atoms with Crippen molar-refractivity contribution < 1.29 is 46.7 Å². The summed E-state index contributed by atoms with van der Waals surface area (Å²) in [5, 5.41) is 73.1. The number of alkyl halides is 2. The number of aromatic hydroxyl groups is 3. The number of rotatable bonds is 6. The number of aromatic carboxylic acids is 1. The van der Waals surface area contributed by atoms with Crippen molar-refractivity contribution in [3.8, 4) is 17.2 Å². The van der Waals surface area contributed by atoms with Crippen molar-refractivity contribution in [2.75, 3.05) is 17.5 Å². The number of aliphatic hydroxyl groups is 2. The van der Waals surface area contributed by atoms with Crippen LogP contribution in [0.4, 0.5) is 17.1 Å². The first kappa shape index (κ1) is 43.0. The molecule has 0 aliphatic carbocycles. The van der Waals surface area contributed by atoms with Gasteiger partial charge in [-0.3, -0.25) is 25.2 Å². The maximum Gasteiger partial charge on any atom is 0.335 e. The molecule has 1 radical (unpaired) electrons. The van der Waals surface area contributed by atoms with E-state index in [4.69, 9.17) is 59.6 Å². The largest absolute Gasteiger partial charge is 0.506 e. The van der Waals surface area contributed by atoms with Gasteiger partial charge in [0.2, 0.25) is 0 Å². The van der Waals surface area contributed by atoms with E-state index < -0.39 is 33.0 Å². The molecule has 0 bridgehead atoms. The lowest BCUT2D eigenvalue weighted by atomic mass is 10.2. The van der Waals surface area contributed by atoms with E-state index in [2.05, 4.69) is 4.98 Å². The second-order valence-corrected chi connectivity index (χ2v) is 8.71. The van der Waals surface area contributed by atoms with E-state index in [9.17, 15) is 25.0 Å². The summed E-state index contributed by atoms with van der Waals surface area (Å²) in [7, 11) is 0. The number of hydrogen-bond donors (Lipinski definition) is 7. The number of aliphatic hydroxyl groups excluding tert-OH is 2. The zero-order valence-corrected chi connectivity index (χ0v) is 25.8. The summed E-state index contributed by atoms with van der Waals surface area (Å²) in [6.07, 6.45) is 3.50. The van der Waals surface area contributed by atoms with Crippen LogP contribution < -0.4 is 5.73 Å². The fourth-order valence-corrected chi connectivity index (χ4v) is 2.63. The normalized spacial score (nSPS) is 9.04. The van der Waals surface area contributed by atoms with E-state index in [0.29, 0.717) is 28.6 Å². The average Bonchev–Trinajstić information content (AvgIpc) is 3.03. The van der Waals surface area contributed by atoms with Crippen LogP contribution in [0.25, 0.3) is 0 Å². The number of pyridine rings is 1. The Bertz CT molecular complexity index is 1480. The maximum absolute atomic E-state index is 10.4. The zero-order valence-electron chi connectivity index (χ0n) is 24.3. The van der Waals surface area contributed by atoms with Crippen molar-refractivity contribution in [3.63, 3.8) is 0 Å². The Morgan fingerprint density at radius 2 is 1.20 bits per heavy atom. The molecule has 18 heteroatoms. The molecule has 4 aromatic rings. The molecule has 1 heterocycles. The van der Waals surface area contributed by atoms with Gasteiger partial charge in [0.25, 0.3) is 0 Å². The van der Waals surface area contributed by atoms with Gasteiger partial charge in [-0.05, 0) is 53.6 Å². The van der Waals surface area contributed by atoms with Crippen molar-refractivity contribution in [1.29, 1.82) is 0 Å². The summed E-state index contributed by atoms with van der Waals surface area (Å²) in [4.78, 5) is 33.1. The molecule has 0 unspecified atom stereocenters. The second kappa shape index (κ2) is 24.2. The van der Waals surface area contributed by atoms with Crippen molar-refractivity contribution in [2.45, 2.75) is 13.2 Å². The van der Waals surface area contributed by atoms with Crippen LogP contribution in [-0.4, -0.2) is 71.6 Å². The first-order valence-electron chi connectivity index (χ1n) is 12.3. The molecule has 15 nitrogen and oxygen atoms in total. The summed E-state index contributed by atoms with van der Waals surface area (Å²) < 4.78 is 0. The summed E-state index contributed by atoms with van der Waals surface area (Å²) >= 11 is 10.1. The molecule has 0 aliphatic rings. The maximum atomic E-state index is 10.4. The van der Waals surface area contributed by atoms with Crippen molar-refractivity contribution >= 4 is 54.6 Å². The number of nitrogens with two attached hydrogens (primary N) is 1. The molecule has 0 aliphatic heterocycles. The molecular weight excluding hydrogens is 650 g/mol. The zero-order chi connectivity index (χ0) is 34.4. The van der Waals surface area contributed by atoms with Crippen LogP contribution in [-0.2, 0) is 13.2 Å². The Morgan fingerprint density at radius 3 is 1.50 bits per heavy atom. The van der Waals surface area contributed by atoms with E-state index in [0.717, 1.165) is 30.3 Å². The van der Waals surface area contributed by atoms with Gasteiger partial charge in [0.05, 0.1) is 42.7 Å². The molecule has 1 aromatic heterocycles. The molecule has 0 saturated carbocycles. The fourth-order valence-electron chi connectivity index (χ4n) is 2.63. The number of nitro groups is 2. The molecule has 3 aromatic carbocycles. The number of benzene rings is 3. The van der Waals surface area contributed by atoms with Crippen LogP contribution >= 0.6 is 23.2 Å². The number of carboxylic acids is 1. The smallest absolute Gasteiger partial charge is 0.335 e. The summed E-state index contributed by atoms with van der Waals surface area (Å²) in [5.41, 5.74) is 5.69. The predicted octanol–water partition coefficient (Wildman–Crippen LogP) is 4.13. The molecular formula is C28H34BCl2N4O11. The lowest BCUT2D eigenvalue weighted by Gasteiger charge is -1.99. The van der Waals surface area contributed by atoms with E-state index in [1.54, 1.807) is 24.5 Å². The molecule has 4 rings (SSSR count). The first-order valence-corrected chi connectivity index (χ1v) is 13.3. The highest BCUT2D eigenvalue weighted by Gasteiger charge is 2.15. The van der Waals surface area contributed by atoms with Gasteiger partial charge in [-0.25, -0.2) is 4.79 Å². The molecule has 0 fully saturated rings. The van der Waals surface area contributed by atoms with Gasteiger partial charge in [0, 0.05) is 43.8 Å². The molecule has 249 valence electrons. The number of nitrogen functional groups attached to an aromatic ring is 1. The number of aromatic nitrogens is 1. The monoisotopic (exact) mass is 683 g/mol. The molecule has 0 atom stereocenters. The van der Waals surface area contributed by atoms with Crippen LogP contribution in [0.3, 0.4) is 0 Å². The van der Waals surface area contributed by atoms with E-state index in [1.807, 2.05) is 18.2 Å². The highest BCUT2D eigenvalue weighted by atomic mass is 35.5. The van der Waals surface area contributed by atoms with Crippen LogP contribution in [0.1, 0.15) is 22.9 Å². The van der Waals surface area contributed by atoms with Crippen LogP contribution in [0, 0.1) is 20.2 Å². The third-order valence-corrected chi connectivity index (χ3v) is 5.32. The van der Waals surface area contributed by atoms with Gasteiger partial charge in [0.1, 0.15) is 5.75 Å². The van der Waals surface area contributed by atoms with Crippen molar-refractivity contribution in [1.82, 2.24) is 4.98 Å². The van der Waals surface area contributed by atoms with Gasteiger partial charge in [0.15, 0.2) is 11.5 Å². The van der Waals surface area contributed by atoms with Crippen molar-refractivity contribution in [2.24, 2.45) is 0 Å². The number of hydrogen-bond acceptors (Lipinski definition) is 12. The number of carboxylic acid groups (broad SMARTS) is 1. The Balaban J connectivity index is -0.000000533. The fraction of sp³-hybridized carbons (Fsp3) is 0.143. The minimum atomic E-state index is -1.25. The number of nitro benzene ring substituents is 2. The van der Waals surface area contributed by atoms with Gasteiger partial charge < -0.3 is 36.4 Å². The third kappa shape index (κ3) is 17.2. The van der Waals surface area contributed by atoms with Gasteiger partial charge in [-0.1, -0.05) is 12.1 Å². The summed E-state index contributed by atoms with van der Waals surface area (Å²) in [6, 6.07) is 16.9. The predicted molar refractivity (Wildman–Crippen MR) is 177 cm³/mol. The number of carbonyl (C=O) groups is 1. The Hall–Kier alpha value is -5.16. The number of anilines is 1. The molecule has 0 saturated heterocycles. The van der Waals surface area contributed by atoms with Gasteiger partial charge in [-0.15, -0.1) is 23.2 Å². The molecule has 8 N–H and O–H groups in total. The molecule has 0 spiro atoms. The SMILES string of the molecule is ClCCCl.Nc1ccc(CO)cc1O.O=C(O)c1ccc([N+](=O)[O-])c(O)c1.O=[N+]([O-])c1ccc(CO)cc1O.[BH2].[HH].c1ccncc1. The van der Waals surface area contributed by atoms with Crippen molar-refractivity contribution in [3.05, 3.63) is 122 Å². The molecule has 0 amide bonds. The van der Waals surface area contributed by atoms with E-state index in [-0.39, 0.29) is 40.1 Å². The van der Waals surface area contributed by atoms with Gasteiger partial charge in [-0.2, -0.15) is 0 Å². The minimum Gasteiger partial charge on any atom is -0.506 e. The number of phenols is 3. The Labute approximate surface area is 276 Å². The summed E-state index contributed by atoms with van der Waals surface area (Å²) in [5.74, 6) is -1.18. The van der Waals surface area contributed by atoms with Gasteiger partial charge >= 0.3 is 17.3 Å².